The topological polar surface area (TPSA) is 35.5 Å². The molecule has 0 atom stereocenters. The average molecular weight is 234 g/mol. The van der Waals surface area contributed by atoms with Gasteiger partial charge in [-0.1, -0.05) is 32.9 Å². The van der Waals surface area contributed by atoms with Crippen LogP contribution in [-0.2, 0) is 14.9 Å². The Labute approximate surface area is 102 Å². The monoisotopic (exact) mass is 234 g/mol. The number of ether oxygens (including phenoxy) is 2. The van der Waals surface area contributed by atoms with E-state index in [4.69, 9.17) is 4.74 Å². The van der Waals surface area contributed by atoms with Crippen LogP contribution in [0.2, 0.25) is 0 Å². The summed E-state index contributed by atoms with van der Waals surface area (Å²) >= 11 is 0. The SMILES string of the molecule is COC(=O)/C=C/Oc1ccc(C(C)(C)C)cc1. The van der Waals surface area contributed by atoms with Crippen molar-refractivity contribution in [1.82, 2.24) is 0 Å². The summed E-state index contributed by atoms with van der Waals surface area (Å²) in [5, 5.41) is 0. The molecular weight excluding hydrogens is 216 g/mol. The van der Waals surface area contributed by atoms with Crippen LogP contribution in [0.5, 0.6) is 5.75 Å². The highest BCUT2D eigenvalue weighted by molar-refractivity contribution is 5.81. The van der Waals surface area contributed by atoms with Crippen LogP contribution in [0.25, 0.3) is 0 Å². The van der Waals surface area contributed by atoms with E-state index in [1.807, 2.05) is 24.3 Å². The normalized spacial score (nSPS) is 11.5. The molecule has 17 heavy (non-hydrogen) atoms. The van der Waals surface area contributed by atoms with Crippen molar-refractivity contribution in [3.8, 4) is 5.75 Å². The Kier molecular flexibility index (Phi) is 4.32. The molecule has 0 heterocycles. The quantitative estimate of drug-likeness (QED) is 0.458. The molecule has 0 amide bonds. The first-order chi connectivity index (χ1) is 7.93. The van der Waals surface area contributed by atoms with Gasteiger partial charge in [0.2, 0.25) is 0 Å². The maximum atomic E-state index is 10.8. The highest BCUT2D eigenvalue weighted by atomic mass is 16.5. The summed E-state index contributed by atoms with van der Waals surface area (Å²) in [5.74, 6) is 0.259. The van der Waals surface area contributed by atoms with E-state index in [-0.39, 0.29) is 5.41 Å². The highest BCUT2D eigenvalue weighted by Crippen LogP contribution is 2.24. The minimum absolute atomic E-state index is 0.125. The van der Waals surface area contributed by atoms with Crippen LogP contribution < -0.4 is 4.74 Å². The van der Waals surface area contributed by atoms with Crippen LogP contribution in [0.4, 0.5) is 0 Å². The van der Waals surface area contributed by atoms with Gasteiger partial charge in [-0.2, -0.15) is 0 Å². The second-order valence-corrected chi connectivity index (χ2v) is 4.72. The molecule has 1 aromatic carbocycles. The Bertz CT molecular complexity index is 396. The van der Waals surface area contributed by atoms with Crippen molar-refractivity contribution in [3.63, 3.8) is 0 Å². The van der Waals surface area contributed by atoms with E-state index in [0.717, 1.165) is 0 Å². The van der Waals surface area contributed by atoms with Crippen LogP contribution in [0, 0.1) is 0 Å². The lowest BCUT2D eigenvalue weighted by Crippen LogP contribution is -2.10. The molecule has 0 aliphatic rings. The summed E-state index contributed by atoms with van der Waals surface area (Å²) < 4.78 is 9.71. The van der Waals surface area contributed by atoms with E-state index >= 15 is 0 Å². The van der Waals surface area contributed by atoms with E-state index in [1.165, 1.54) is 25.0 Å². The Morgan fingerprint density at radius 3 is 2.24 bits per heavy atom. The summed E-state index contributed by atoms with van der Waals surface area (Å²) in [4.78, 5) is 10.8. The molecule has 0 saturated heterocycles. The van der Waals surface area contributed by atoms with E-state index < -0.39 is 5.97 Å². The summed E-state index contributed by atoms with van der Waals surface area (Å²) in [6, 6.07) is 7.78. The maximum Gasteiger partial charge on any atom is 0.333 e. The van der Waals surface area contributed by atoms with Crippen LogP contribution in [0.1, 0.15) is 26.3 Å². The smallest absolute Gasteiger partial charge is 0.333 e. The molecule has 92 valence electrons. The first-order valence-corrected chi connectivity index (χ1v) is 5.45. The van der Waals surface area contributed by atoms with Gasteiger partial charge in [0, 0.05) is 0 Å². The molecule has 3 heteroatoms. The van der Waals surface area contributed by atoms with Crippen molar-refractivity contribution in [2.75, 3.05) is 7.11 Å². The number of esters is 1. The third-order valence-corrected chi connectivity index (χ3v) is 2.33. The fraction of sp³-hybridized carbons (Fsp3) is 0.357. The molecular formula is C14H18O3. The van der Waals surface area contributed by atoms with E-state index in [2.05, 4.69) is 25.5 Å². The third kappa shape index (κ3) is 4.31. The van der Waals surface area contributed by atoms with Crippen LogP contribution in [-0.4, -0.2) is 13.1 Å². The largest absolute Gasteiger partial charge is 0.466 e. The van der Waals surface area contributed by atoms with Crippen molar-refractivity contribution in [2.24, 2.45) is 0 Å². The molecule has 0 radical (unpaired) electrons. The van der Waals surface area contributed by atoms with Gasteiger partial charge in [0.15, 0.2) is 0 Å². The number of hydrogen-bond acceptors (Lipinski definition) is 3. The molecule has 0 aliphatic carbocycles. The van der Waals surface area contributed by atoms with Gasteiger partial charge in [0.25, 0.3) is 0 Å². The lowest BCUT2D eigenvalue weighted by Gasteiger charge is -2.18. The number of methoxy groups -OCH3 is 1. The zero-order valence-corrected chi connectivity index (χ0v) is 10.7. The molecule has 0 aromatic heterocycles. The Balaban J connectivity index is 2.63. The molecule has 1 aromatic rings. The molecule has 0 unspecified atom stereocenters. The molecule has 3 nitrogen and oxygen atoms in total. The molecule has 0 N–H and O–H groups in total. The van der Waals surface area contributed by atoms with Gasteiger partial charge in [-0.15, -0.1) is 0 Å². The zero-order valence-electron chi connectivity index (χ0n) is 10.7. The lowest BCUT2D eigenvalue weighted by atomic mass is 9.87. The van der Waals surface area contributed by atoms with Crippen molar-refractivity contribution in [3.05, 3.63) is 42.2 Å². The molecule has 0 saturated carbocycles. The van der Waals surface area contributed by atoms with E-state index in [1.54, 1.807) is 0 Å². The second kappa shape index (κ2) is 5.53. The van der Waals surface area contributed by atoms with Gasteiger partial charge < -0.3 is 9.47 Å². The van der Waals surface area contributed by atoms with E-state index in [9.17, 15) is 4.79 Å². The van der Waals surface area contributed by atoms with Crippen molar-refractivity contribution in [2.45, 2.75) is 26.2 Å². The summed E-state index contributed by atoms with van der Waals surface area (Å²) in [5.41, 5.74) is 1.36. The van der Waals surface area contributed by atoms with Gasteiger partial charge in [-0.05, 0) is 23.1 Å². The number of rotatable bonds is 3. The van der Waals surface area contributed by atoms with Gasteiger partial charge in [0.1, 0.15) is 5.75 Å². The molecule has 0 aliphatic heterocycles. The summed E-state index contributed by atoms with van der Waals surface area (Å²) in [7, 11) is 1.32. The van der Waals surface area contributed by atoms with Gasteiger partial charge in [-0.3, -0.25) is 0 Å². The Morgan fingerprint density at radius 2 is 1.76 bits per heavy atom. The van der Waals surface area contributed by atoms with Crippen molar-refractivity contribution in [1.29, 1.82) is 0 Å². The zero-order chi connectivity index (χ0) is 12.9. The molecule has 0 spiro atoms. The summed E-state index contributed by atoms with van der Waals surface area (Å²) in [6.07, 6.45) is 2.55. The average Bonchev–Trinajstić information content (AvgIpc) is 2.28. The van der Waals surface area contributed by atoms with Crippen LogP contribution in [0.15, 0.2) is 36.6 Å². The maximum absolute atomic E-state index is 10.8. The number of hydrogen-bond donors (Lipinski definition) is 0. The second-order valence-electron chi connectivity index (χ2n) is 4.72. The number of carbonyl (C=O) groups is 1. The minimum Gasteiger partial charge on any atom is -0.466 e. The molecule has 0 bridgehead atoms. The fourth-order valence-corrected chi connectivity index (χ4v) is 1.27. The van der Waals surface area contributed by atoms with E-state index in [0.29, 0.717) is 5.75 Å². The van der Waals surface area contributed by atoms with Gasteiger partial charge in [-0.25, -0.2) is 4.79 Å². The fourth-order valence-electron chi connectivity index (χ4n) is 1.27. The molecule has 1 rings (SSSR count). The van der Waals surface area contributed by atoms with Crippen molar-refractivity contribution >= 4 is 5.97 Å². The predicted octanol–water partition coefficient (Wildman–Crippen LogP) is 3.05. The minimum atomic E-state index is -0.434. The Hall–Kier alpha value is -1.77. The Morgan fingerprint density at radius 1 is 1.18 bits per heavy atom. The summed E-state index contributed by atoms with van der Waals surface area (Å²) in [6.45, 7) is 6.46. The standard InChI is InChI=1S/C14H18O3/c1-14(2,3)11-5-7-12(8-6-11)17-10-9-13(15)16-4/h5-10H,1-4H3/b10-9+. The first-order valence-electron chi connectivity index (χ1n) is 5.45. The molecule has 0 fully saturated rings. The highest BCUT2D eigenvalue weighted by Gasteiger charge is 2.12. The predicted molar refractivity (Wildman–Crippen MR) is 66.9 cm³/mol. The number of benzene rings is 1. The number of carbonyl (C=O) groups excluding carboxylic acids is 1. The van der Waals surface area contributed by atoms with Crippen LogP contribution >= 0.6 is 0 Å². The lowest BCUT2D eigenvalue weighted by molar-refractivity contribution is -0.134. The van der Waals surface area contributed by atoms with Gasteiger partial charge in [0.05, 0.1) is 19.4 Å². The first kappa shape index (κ1) is 13.3. The van der Waals surface area contributed by atoms with Crippen LogP contribution in [0.3, 0.4) is 0 Å². The van der Waals surface area contributed by atoms with Gasteiger partial charge >= 0.3 is 5.97 Å². The third-order valence-electron chi connectivity index (χ3n) is 2.33. The van der Waals surface area contributed by atoms with Crippen molar-refractivity contribution < 1.29 is 14.3 Å².